The minimum absolute atomic E-state index is 0.0381. The predicted molar refractivity (Wildman–Crippen MR) is 51.7 cm³/mol. The Morgan fingerprint density at radius 1 is 1.43 bits per heavy atom. The van der Waals surface area contributed by atoms with Crippen LogP contribution in [0.25, 0.3) is 0 Å². The van der Waals surface area contributed by atoms with Crippen LogP contribution in [0.3, 0.4) is 0 Å². The van der Waals surface area contributed by atoms with Gasteiger partial charge in [-0.3, -0.25) is 4.79 Å². The fourth-order valence-electron chi connectivity index (χ4n) is 1.65. The standard InChI is InChI=1S/C10H17NO3/c1-8(13)2-3-10(14)11-5-4-9(6-11)7-12/h9,12H,2-7H2,1H3. The lowest BCUT2D eigenvalue weighted by molar-refractivity contribution is -0.132. The number of hydrogen-bond donors (Lipinski definition) is 1. The van der Waals surface area contributed by atoms with E-state index in [-0.39, 0.29) is 24.2 Å². The highest BCUT2D eigenvalue weighted by atomic mass is 16.3. The third-order valence-electron chi connectivity index (χ3n) is 2.59. The maximum absolute atomic E-state index is 11.5. The zero-order chi connectivity index (χ0) is 10.6. The van der Waals surface area contributed by atoms with Crippen molar-refractivity contribution in [3.05, 3.63) is 0 Å². The lowest BCUT2D eigenvalue weighted by Crippen LogP contribution is -2.29. The molecule has 0 aromatic rings. The molecular formula is C10H17NO3. The maximum Gasteiger partial charge on any atom is 0.223 e. The molecule has 1 unspecified atom stereocenters. The summed E-state index contributed by atoms with van der Waals surface area (Å²) in [4.78, 5) is 23.9. The van der Waals surface area contributed by atoms with Crippen molar-refractivity contribution in [3.8, 4) is 0 Å². The van der Waals surface area contributed by atoms with Gasteiger partial charge in [0.1, 0.15) is 5.78 Å². The molecule has 4 heteroatoms. The van der Waals surface area contributed by atoms with Gasteiger partial charge in [0.15, 0.2) is 0 Å². The molecule has 1 aliphatic heterocycles. The van der Waals surface area contributed by atoms with Crippen molar-refractivity contribution in [2.24, 2.45) is 5.92 Å². The van der Waals surface area contributed by atoms with E-state index in [0.717, 1.165) is 13.0 Å². The molecule has 14 heavy (non-hydrogen) atoms. The highest BCUT2D eigenvalue weighted by molar-refractivity contribution is 5.83. The molecule has 1 aliphatic rings. The molecule has 0 bridgehead atoms. The van der Waals surface area contributed by atoms with Crippen molar-refractivity contribution in [2.45, 2.75) is 26.2 Å². The van der Waals surface area contributed by atoms with E-state index in [1.807, 2.05) is 0 Å². The Kier molecular flexibility index (Phi) is 4.07. The summed E-state index contributed by atoms with van der Waals surface area (Å²) in [5.74, 6) is 0.323. The van der Waals surface area contributed by atoms with E-state index in [1.165, 1.54) is 6.92 Å². The van der Waals surface area contributed by atoms with Gasteiger partial charge in [0.2, 0.25) is 5.91 Å². The number of nitrogens with zero attached hydrogens (tertiary/aromatic N) is 1. The van der Waals surface area contributed by atoms with E-state index in [9.17, 15) is 9.59 Å². The lowest BCUT2D eigenvalue weighted by Gasteiger charge is -2.15. The molecule has 0 spiro atoms. The lowest BCUT2D eigenvalue weighted by atomic mass is 10.1. The van der Waals surface area contributed by atoms with Gasteiger partial charge in [-0.2, -0.15) is 0 Å². The first-order chi connectivity index (χ1) is 6.63. The minimum Gasteiger partial charge on any atom is -0.396 e. The smallest absolute Gasteiger partial charge is 0.223 e. The van der Waals surface area contributed by atoms with Crippen LogP contribution in [0, 0.1) is 5.92 Å². The molecule has 1 amide bonds. The highest BCUT2D eigenvalue weighted by Crippen LogP contribution is 2.16. The largest absolute Gasteiger partial charge is 0.396 e. The third kappa shape index (κ3) is 3.10. The number of aliphatic hydroxyl groups excluding tert-OH is 1. The Balaban J connectivity index is 2.28. The number of hydrogen-bond acceptors (Lipinski definition) is 3. The molecule has 0 aromatic heterocycles. The van der Waals surface area contributed by atoms with E-state index < -0.39 is 0 Å². The van der Waals surface area contributed by atoms with Crippen molar-refractivity contribution in [1.29, 1.82) is 0 Å². The summed E-state index contributed by atoms with van der Waals surface area (Å²) in [7, 11) is 0. The summed E-state index contributed by atoms with van der Waals surface area (Å²) < 4.78 is 0. The molecule has 1 fully saturated rings. The quantitative estimate of drug-likeness (QED) is 0.703. The Labute approximate surface area is 83.9 Å². The van der Waals surface area contributed by atoms with Crippen LogP contribution >= 0.6 is 0 Å². The Hall–Kier alpha value is -0.900. The molecule has 1 heterocycles. The van der Waals surface area contributed by atoms with Gasteiger partial charge in [-0.05, 0) is 13.3 Å². The van der Waals surface area contributed by atoms with Gasteiger partial charge < -0.3 is 14.8 Å². The first kappa shape index (κ1) is 11.2. The van der Waals surface area contributed by atoms with Gasteiger partial charge in [-0.25, -0.2) is 0 Å². The predicted octanol–water partition coefficient (Wildman–Crippen LogP) is 0.196. The van der Waals surface area contributed by atoms with Crippen LogP contribution in [0.1, 0.15) is 26.2 Å². The number of ketones is 1. The van der Waals surface area contributed by atoms with Gasteiger partial charge in [-0.1, -0.05) is 0 Å². The van der Waals surface area contributed by atoms with Gasteiger partial charge in [-0.15, -0.1) is 0 Å². The van der Waals surface area contributed by atoms with Crippen molar-refractivity contribution in [2.75, 3.05) is 19.7 Å². The summed E-state index contributed by atoms with van der Waals surface area (Å²) in [6.07, 6.45) is 1.52. The second kappa shape index (κ2) is 5.10. The van der Waals surface area contributed by atoms with E-state index in [4.69, 9.17) is 5.11 Å². The van der Waals surface area contributed by atoms with Gasteiger partial charge >= 0.3 is 0 Å². The zero-order valence-electron chi connectivity index (χ0n) is 8.53. The summed E-state index contributed by atoms with van der Waals surface area (Å²) in [5, 5.41) is 8.89. The van der Waals surface area contributed by atoms with Crippen LogP contribution in [0.15, 0.2) is 0 Å². The number of carbonyl (C=O) groups is 2. The molecule has 0 radical (unpaired) electrons. The summed E-state index contributed by atoms with van der Waals surface area (Å²) in [6.45, 7) is 3.01. The molecule has 1 rings (SSSR count). The maximum atomic E-state index is 11.5. The number of amides is 1. The normalized spacial score (nSPS) is 21.3. The van der Waals surface area contributed by atoms with E-state index >= 15 is 0 Å². The molecule has 1 saturated heterocycles. The summed E-state index contributed by atoms with van der Waals surface area (Å²) in [6, 6.07) is 0. The Bertz CT molecular complexity index is 227. The van der Waals surface area contributed by atoms with Crippen molar-refractivity contribution < 1.29 is 14.7 Å². The summed E-state index contributed by atoms with van der Waals surface area (Å²) >= 11 is 0. The van der Waals surface area contributed by atoms with Crippen LogP contribution in [0.2, 0.25) is 0 Å². The van der Waals surface area contributed by atoms with Crippen LogP contribution in [-0.4, -0.2) is 41.4 Å². The van der Waals surface area contributed by atoms with Crippen molar-refractivity contribution in [1.82, 2.24) is 4.90 Å². The fraction of sp³-hybridized carbons (Fsp3) is 0.800. The van der Waals surface area contributed by atoms with E-state index in [2.05, 4.69) is 0 Å². The average Bonchev–Trinajstić information content (AvgIpc) is 2.62. The molecular weight excluding hydrogens is 182 g/mol. The molecule has 4 nitrogen and oxygen atoms in total. The van der Waals surface area contributed by atoms with E-state index in [1.54, 1.807) is 4.90 Å². The molecule has 1 N–H and O–H groups in total. The molecule has 1 atom stereocenters. The topological polar surface area (TPSA) is 57.6 Å². The first-order valence-electron chi connectivity index (χ1n) is 5.01. The number of aliphatic hydroxyl groups is 1. The fourth-order valence-corrected chi connectivity index (χ4v) is 1.65. The van der Waals surface area contributed by atoms with E-state index in [0.29, 0.717) is 19.4 Å². The van der Waals surface area contributed by atoms with Crippen LogP contribution in [-0.2, 0) is 9.59 Å². The first-order valence-corrected chi connectivity index (χ1v) is 5.01. The highest BCUT2D eigenvalue weighted by Gasteiger charge is 2.25. The van der Waals surface area contributed by atoms with Crippen molar-refractivity contribution >= 4 is 11.7 Å². The average molecular weight is 199 g/mol. The zero-order valence-corrected chi connectivity index (χ0v) is 8.53. The number of carbonyl (C=O) groups excluding carboxylic acids is 2. The van der Waals surface area contributed by atoms with Crippen LogP contribution in [0.4, 0.5) is 0 Å². The van der Waals surface area contributed by atoms with Crippen LogP contribution < -0.4 is 0 Å². The second-order valence-corrected chi connectivity index (χ2v) is 3.88. The number of Topliss-reactive ketones (excluding diaryl/α,β-unsaturated/α-hetero) is 1. The molecule has 0 saturated carbocycles. The van der Waals surface area contributed by atoms with Gasteiger partial charge in [0.05, 0.1) is 0 Å². The Morgan fingerprint density at radius 2 is 2.14 bits per heavy atom. The van der Waals surface area contributed by atoms with Gasteiger partial charge in [0, 0.05) is 38.5 Å². The molecule has 80 valence electrons. The van der Waals surface area contributed by atoms with Crippen molar-refractivity contribution in [3.63, 3.8) is 0 Å². The second-order valence-electron chi connectivity index (χ2n) is 3.88. The number of rotatable bonds is 4. The number of likely N-dealkylation sites (tertiary alicyclic amines) is 1. The molecule has 0 aromatic carbocycles. The monoisotopic (exact) mass is 199 g/mol. The Morgan fingerprint density at radius 3 is 2.64 bits per heavy atom. The molecule has 0 aliphatic carbocycles. The SMILES string of the molecule is CC(=O)CCC(=O)N1CCC(CO)C1. The minimum atomic E-state index is 0.0381. The summed E-state index contributed by atoms with van der Waals surface area (Å²) in [5.41, 5.74) is 0. The van der Waals surface area contributed by atoms with Gasteiger partial charge in [0.25, 0.3) is 0 Å². The third-order valence-corrected chi connectivity index (χ3v) is 2.59. The van der Waals surface area contributed by atoms with Crippen LogP contribution in [0.5, 0.6) is 0 Å².